The van der Waals surface area contributed by atoms with Gasteiger partial charge in [0.15, 0.2) is 5.69 Å². The van der Waals surface area contributed by atoms with E-state index in [1.54, 1.807) is 11.0 Å². The molecule has 29 heavy (non-hydrogen) atoms. The molecule has 2 aromatic carbocycles. The van der Waals surface area contributed by atoms with E-state index in [9.17, 15) is 23.3 Å². The third-order valence-electron chi connectivity index (χ3n) is 4.88. The molecule has 1 N–H and O–H groups in total. The molecule has 1 aliphatic rings. The number of amides is 1. The van der Waals surface area contributed by atoms with Crippen LogP contribution >= 0.6 is 0 Å². The monoisotopic (exact) mass is 415 g/mol. The van der Waals surface area contributed by atoms with E-state index in [1.165, 1.54) is 16.4 Å². The Hall–Kier alpha value is -3.31. The normalized spacial score (nSPS) is 15.5. The minimum absolute atomic E-state index is 0.0128. The largest absolute Gasteiger partial charge is 0.335 e. The number of nitrogens with one attached hydrogen (secondary N) is 1. The molecule has 1 fully saturated rings. The first-order chi connectivity index (χ1) is 13.9. The molecule has 0 bridgehead atoms. The first-order valence-electron chi connectivity index (χ1n) is 8.85. The van der Waals surface area contributed by atoms with Gasteiger partial charge in [-0.1, -0.05) is 18.2 Å². The minimum Gasteiger partial charge on any atom is -0.335 e. The molecule has 0 spiro atoms. The van der Waals surface area contributed by atoms with E-state index in [2.05, 4.69) is 10.2 Å². The number of H-pyrrole nitrogens is 1. The number of nitro benzene ring substituents is 1. The number of rotatable bonds is 4. The van der Waals surface area contributed by atoms with Crippen molar-refractivity contribution in [3.63, 3.8) is 0 Å². The van der Waals surface area contributed by atoms with Gasteiger partial charge in [0.2, 0.25) is 10.0 Å². The highest BCUT2D eigenvalue weighted by atomic mass is 32.2. The second-order valence-corrected chi connectivity index (χ2v) is 8.50. The molecule has 1 saturated heterocycles. The molecule has 0 radical (unpaired) electrons. The third kappa shape index (κ3) is 3.45. The highest BCUT2D eigenvalue weighted by molar-refractivity contribution is 7.89. The van der Waals surface area contributed by atoms with Crippen LogP contribution in [0.3, 0.4) is 0 Å². The Morgan fingerprint density at radius 2 is 1.69 bits per heavy atom. The second-order valence-electron chi connectivity index (χ2n) is 6.57. The van der Waals surface area contributed by atoms with E-state index in [0.29, 0.717) is 5.69 Å². The van der Waals surface area contributed by atoms with E-state index in [4.69, 9.17) is 0 Å². The zero-order chi connectivity index (χ0) is 20.6. The van der Waals surface area contributed by atoms with Crippen LogP contribution in [-0.4, -0.2) is 64.8 Å². The Kier molecular flexibility index (Phi) is 4.76. The topological polar surface area (TPSA) is 130 Å². The van der Waals surface area contributed by atoms with Gasteiger partial charge >= 0.3 is 0 Å². The molecule has 4 rings (SSSR count). The van der Waals surface area contributed by atoms with Crippen LogP contribution < -0.4 is 0 Å². The van der Waals surface area contributed by atoms with Gasteiger partial charge < -0.3 is 4.90 Å². The number of piperazine rings is 1. The van der Waals surface area contributed by atoms with Crippen LogP contribution in [0.15, 0.2) is 53.4 Å². The van der Waals surface area contributed by atoms with Crippen LogP contribution in [0.2, 0.25) is 0 Å². The summed E-state index contributed by atoms with van der Waals surface area (Å²) in [5.41, 5.74) is 0.896. The zero-order valence-electron chi connectivity index (χ0n) is 15.2. The summed E-state index contributed by atoms with van der Waals surface area (Å²) in [5, 5.41) is 18.4. The van der Waals surface area contributed by atoms with Gasteiger partial charge in [0.25, 0.3) is 11.6 Å². The van der Waals surface area contributed by atoms with Crippen LogP contribution in [0.25, 0.3) is 10.9 Å². The Labute approximate surface area is 165 Å². The van der Waals surface area contributed by atoms with Crippen molar-refractivity contribution >= 4 is 32.5 Å². The number of carbonyl (C=O) groups is 1. The number of hydrogen-bond acceptors (Lipinski definition) is 6. The summed E-state index contributed by atoms with van der Waals surface area (Å²) in [6.07, 6.45) is 0. The van der Waals surface area contributed by atoms with Crippen molar-refractivity contribution in [2.75, 3.05) is 26.2 Å². The van der Waals surface area contributed by atoms with E-state index in [-0.39, 0.29) is 42.7 Å². The van der Waals surface area contributed by atoms with E-state index < -0.39 is 14.9 Å². The number of nitro groups is 1. The summed E-state index contributed by atoms with van der Waals surface area (Å²) in [7, 11) is -3.79. The number of aromatic nitrogens is 2. The third-order valence-corrected chi connectivity index (χ3v) is 6.80. The first kappa shape index (κ1) is 19.0. The van der Waals surface area contributed by atoms with E-state index in [1.807, 2.05) is 18.2 Å². The summed E-state index contributed by atoms with van der Waals surface area (Å²) in [6.45, 7) is 0.722. The van der Waals surface area contributed by atoms with Gasteiger partial charge in [-0.3, -0.25) is 20.0 Å². The average Bonchev–Trinajstić information content (AvgIpc) is 3.17. The lowest BCUT2D eigenvalue weighted by molar-refractivity contribution is -0.384. The Bertz CT molecular complexity index is 1180. The highest BCUT2D eigenvalue weighted by Crippen LogP contribution is 2.22. The fourth-order valence-electron chi connectivity index (χ4n) is 3.30. The summed E-state index contributed by atoms with van der Waals surface area (Å²) in [4.78, 5) is 24.5. The molecule has 1 aromatic heterocycles. The molecule has 0 unspecified atom stereocenters. The lowest BCUT2D eigenvalue weighted by atomic mass is 10.2. The predicted molar refractivity (Wildman–Crippen MR) is 104 cm³/mol. The van der Waals surface area contributed by atoms with Crippen molar-refractivity contribution in [3.05, 3.63) is 64.3 Å². The van der Waals surface area contributed by atoms with Crippen molar-refractivity contribution in [2.45, 2.75) is 4.90 Å². The molecular weight excluding hydrogens is 398 g/mol. The van der Waals surface area contributed by atoms with Crippen LogP contribution in [0.1, 0.15) is 10.5 Å². The number of fused-ring (bicyclic) bond motifs is 1. The molecule has 3 aromatic rings. The van der Waals surface area contributed by atoms with Gasteiger partial charge in [-0.05, 0) is 18.2 Å². The molecule has 11 heteroatoms. The van der Waals surface area contributed by atoms with Gasteiger partial charge in [-0.15, -0.1) is 0 Å². The predicted octanol–water partition coefficient (Wildman–Crippen LogP) is 1.62. The molecule has 0 aliphatic carbocycles. The molecule has 1 aliphatic heterocycles. The summed E-state index contributed by atoms with van der Waals surface area (Å²) >= 11 is 0. The van der Waals surface area contributed by atoms with Gasteiger partial charge in [-0.25, -0.2) is 8.42 Å². The smallest absolute Gasteiger partial charge is 0.275 e. The summed E-state index contributed by atoms with van der Waals surface area (Å²) in [5.74, 6) is -0.255. The molecule has 2 heterocycles. The fourth-order valence-corrected chi connectivity index (χ4v) is 4.72. The Balaban J connectivity index is 1.47. The average molecular weight is 415 g/mol. The van der Waals surface area contributed by atoms with Gasteiger partial charge in [0.1, 0.15) is 0 Å². The van der Waals surface area contributed by atoms with Crippen LogP contribution in [0, 0.1) is 10.1 Å². The molecule has 10 nitrogen and oxygen atoms in total. The number of non-ortho nitro benzene ring substituents is 1. The standard InChI is InChI=1S/C18H17N5O5S/c24-18(17-15-3-1-2-4-16(15)19-20-17)21-9-11-22(12-10-21)29(27,28)14-7-5-13(6-8-14)23(25)26/h1-8H,9-12H2,(H,19,20). The lowest BCUT2D eigenvalue weighted by Crippen LogP contribution is -2.50. The lowest BCUT2D eigenvalue weighted by Gasteiger charge is -2.33. The Morgan fingerprint density at radius 3 is 2.34 bits per heavy atom. The van der Waals surface area contributed by atoms with Crippen molar-refractivity contribution in [3.8, 4) is 0 Å². The number of hydrogen-bond donors (Lipinski definition) is 1. The maximum absolute atomic E-state index is 12.8. The summed E-state index contributed by atoms with van der Waals surface area (Å²) in [6, 6.07) is 12.1. The summed E-state index contributed by atoms with van der Waals surface area (Å²) < 4.78 is 26.8. The van der Waals surface area contributed by atoms with Gasteiger partial charge in [0, 0.05) is 43.7 Å². The van der Waals surface area contributed by atoms with Crippen molar-refractivity contribution in [2.24, 2.45) is 0 Å². The number of para-hydroxylation sites is 1. The highest BCUT2D eigenvalue weighted by Gasteiger charge is 2.31. The zero-order valence-corrected chi connectivity index (χ0v) is 16.0. The van der Waals surface area contributed by atoms with Crippen LogP contribution in [0.4, 0.5) is 5.69 Å². The SMILES string of the molecule is O=C(c1n[nH]c2ccccc12)N1CCN(S(=O)(=O)c2ccc([N+](=O)[O-])cc2)CC1. The number of aromatic amines is 1. The van der Waals surface area contributed by atoms with E-state index >= 15 is 0 Å². The number of sulfonamides is 1. The molecule has 0 saturated carbocycles. The van der Waals surface area contributed by atoms with Gasteiger partial charge in [0.05, 0.1) is 15.3 Å². The minimum atomic E-state index is -3.79. The van der Waals surface area contributed by atoms with Crippen molar-refractivity contribution < 1.29 is 18.1 Å². The quantitative estimate of drug-likeness (QED) is 0.509. The van der Waals surface area contributed by atoms with Gasteiger partial charge in [-0.2, -0.15) is 9.40 Å². The molecule has 1 amide bonds. The maximum Gasteiger partial charge on any atom is 0.275 e. The second kappa shape index (κ2) is 7.26. The maximum atomic E-state index is 12.8. The number of benzene rings is 2. The van der Waals surface area contributed by atoms with Crippen LogP contribution in [-0.2, 0) is 10.0 Å². The van der Waals surface area contributed by atoms with E-state index in [0.717, 1.165) is 23.0 Å². The Morgan fingerprint density at radius 1 is 1.03 bits per heavy atom. The number of nitrogens with zero attached hydrogens (tertiary/aromatic N) is 4. The van der Waals surface area contributed by atoms with Crippen LogP contribution in [0.5, 0.6) is 0 Å². The molecule has 150 valence electrons. The molecular formula is C18H17N5O5S. The molecule has 0 atom stereocenters. The fraction of sp³-hybridized carbons (Fsp3) is 0.222. The first-order valence-corrected chi connectivity index (χ1v) is 10.3. The number of carbonyl (C=O) groups excluding carboxylic acids is 1. The van der Waals surface area contributed by atoms with Crippen molar-refractivity contribution in [1.82, 2.24) is 19.4 Å². The van der Waals surface area contributed by atoms with Crippen molar-refractivity contribution in [1.29, 1.82) is 0 Å².